The maximum absolute atomic E-state index is 10.4. The van der Waals surface area contributed by atoms with Crippen LogP contribution >= 0.6 is 0 Å². The highest BCUT2D eigenvalue weighted by atomic mass is 19.4. The fourth-order valence-electron chi connectivity index (χ4n) is 2.08. The molecule has 0 atom stereocenters. The van der Waals surface area contributed by atoms with Gasteiger partial charge in [0, 0.05) is 0 Å². The van der Waals surface area contributed by atoms with Gasteiger partial charge in [-0.15, -0.1) is 0 Å². The Morgan fingerprint density at radius 1 is 0.750 bits per heavy atom. The van der Waals surface area contributed by atoms with Crippen LogP contribution in [0.15, 0.2) is 48.5 Å². The van der Waals surface area contributed by atoms with E-state index in [1.807, 2.05) is 0 Å². The van der Waals surface area contributed by atoms with Crippen molar-refractivity contribution in [2.24, 2.45) is 0 Å². The van der Waals surface area contributed by atoms with Crippen LogP contribution in [0.1, 0.15) is 11.1 Å². The summed E-state index contributed by atoms with van der Waals surface area (Å²) in [5, 5.41) is 0. The van der Waals surface area contributed by atoms with Gasteiger partial charge < -0.3 is 0 Å². The first-order valence-electron chi connectivity index (χ1n) is 5.90. The van der Waals surface area contributed by atoms with Crippen LogP contribution in [0.4, 0.5) is 22.0 Å². The van der Waals surface area contributed by atoms with E-state index in [4.69, 9.17) is 0 Å². The summed E-state index contributed by atoms with van der Waals surface area (Å²) in [6.45, 7) is 0. The molecule has 0 radical (unpaired) electrons. The standard InChI is InChI=1S/C13H10.C2HF5/c1-3-7-12-10(5-1)9-11-6-2-4-8-13(11)12;3-1(4)2(5,6)7/h1-8H,9H2;1H. The molecule has 0 heterocycles. The summed E-state index contributed by atoms with van der Waals surface area (Å²) in [4.78, 5) is 0. The van der Waals surface area contributed by atoms with Crippen LogP contribution < -0.4 is 0 Å². The molecule has 0 N–H and O–H groups in total. The molecule has 106 valence electrons. The average Bonchev–Trinajstić information content (AvgIpc) is 2.77. The summed E-state index contributed by atoms with van der Waals surface area (Å²) < 4.78 is 52.1. The lowest BCUT2D eigenvalue weighted by Gasteiger charge is -2.00. The van der Waals surface area contributed by atoms with E-state index in [1.54, 1.807) is 0 Å². The summed E-state index contributed by atoms with van der Waals surface area (Å²) in [6, 6.07) is 17.3. The lowest BCUT2D eigenvalue weighted by Crippen LogP contribution is -2.18. The second-order valence-electron chi connectivity index (χ2n) is 4.33. The first-order chi connectivity index (χ1) is 9.39. The molecule has 0 aliphatic heterocycles. The van der Waals surface area contributed by atoms with Crippen molar-refractivity contribution in [2.75, 3.05) is 0 Å². The van der Waals surface area contributed by atoms with Gasteiger partial charge in [0.1, 0.15) is 0 Å². The second kappa shape index (κ2) is 5.61. The minimum atomic E-state index is -5.33. The molecule has 0 saturated carbocycles. The van der Waals surface area contributed by atoms with Gasteiger partial charge in [-0.05, 0) is 28.7 Å². The summed E-state index contributed by atoms with van der Waals surface area (Å²) in [5.74, 6) is 0. The highest BCUT2D eigenvalue weighted by Gasteiger charge is 2.40. The van der Waals surface area contributed by atoms with Crippen molar-refractivity contribution in [2.45, 2.75) is 19.0 Å². The zero-order valence-electron chi connectivity index (χ0n) is 10.3. The minimum Gasteiger partial charge on any atom is -0.200 e. The highest BCUT2D eigenvalue weighted by molar-refractivity contribution is 5.76. The minimum absolute atomic E-state index is 1.10. The SMILES string of the molecule is FC(F)C(F)(F)F.c1ccc2c(c1)Cc1ccccc1-2. The van der Waals surface area contributed by atoms with Crippen LogP contribution in [-0.4, -0.2) is 12.6 Å². The second-order valence-corrected chi connectivity index (χ2v) is 4.33. The third kappa shape index (κ3) is 3.15. The van der Waals surface area contributed by atoms with Crippen molar-refractivity contribution in [1.82, 2.24) is 0 Å². The topological polar surface area (TPSA) is 0 Å². The zero-order chi connectivity index (χ0) is 14.8. The number of hydrogen-bond donors (Lipinski definition) is 0. The molecule has 0 saturated heterocycles. The first-order valence-corrected chi connectivity index (χ1v) is 5.90. The Kier molecular flexibility index (Phi) is 4.06. The Hall–Kier alpha value is -1.91. The molecule has 20 heavy (non-hydrogen) atoms. The Labute approximate surface area is 112 Å². The van der Waals surface area contributed by atoms with E-state index in [2.05, 4.69) is 48.5 Å². The van der Waals surface area contributed by atoms with E-state index in [9.17, 15) is 22.0 Å². The molecule has 0 nitrogen and oxygen atoms in total. The van der Waals surface area contributed by atoms with Crippen LogP contribution in [-0.2, 0) is 6.42 Å². The summed E-state index contributed by atoms with van der Waals surface area (Å²) >= 11 is 0. The molecule has 0 spiro atoms. The van der Waals surface area contributed by atoms with E-state index in [0.717, 1.165) is 6.42 Å². The molecule has 1 aliphatic rings. The molecule has 0 unspecified atom stereocenters. The fraction of sp³-hybridized carbons (Fsp3) is 0.200. The summed E-state index contributed by atoms with van der Waals surface area (Å²) in [6.07, 6.45) is -8.43. The van der Waals surface area contributed by atoms with E-state index in [-0.39, 0.29) is 0 Å². The van der Waals surface area contributed by atoms with Gasteiger partial charge in [-0.2, -0.15) is 13.2 Å². The monoisotopic (exact) mass is 286 g/mol. The number of benzene rings is 2. The van der Waals surface area contributed by atoms with E-state index in [1.165, 1.54) is 22.3 Å². The third-order valence-corrected chi connectivity index (χ3v) is 2.95. The van der Waals surface area contributed by atoms with Gasteiger partial charge in [-0.1, -0.05) is 48.5 Å². The number of hydrogen-bond acceptors (Lipinski definition) is 0. The molecule has 5 heteroatoms. The van der Waals surface area contributed by atoms with Crippen LogP contribution in [0, 0.1) is 0 Å². The van der Waals surface area contributed by atoms with Gasteiger partial charge in [0.25, 0.3) is 0 Å². The number of halogens is 5. The lowest BCUT2D eigenvalue weighted by molar-refractivity contribution is -0.219. The molecule has 3 rings (SSSR count). The van der Waals surface area contributed by atoms with E-state index in [0.29, 0.717) is 0 Å². The molecule has 1 aliphatic carbocycles. The van der Waals surface area contributed by atoms with Crippen LogP contribution in [0.25, 0.3) is 11.1 Å². The average molecular weight is 286 g/mol. The lowest BCUT2D eigenvalue weighted by atomic mass is 10.1. The molecule has 2 aromatic carbocycles. The molecular formula is C15H11F5. The predicted molar refractivity (Wildman–Crippen MR) is 66.7 cm³/mol. The van der Waals surface area contributed by atoms with Crippen molar-refractivity contribution in [3.05, 3.63) is 59.7 Å². The Morgan fingerprint density at radius 3 is 1.45 bits per heavy atom. The van der Waals surface area contributed by atoms with Crippen LogP contribution in [0.2, 0.25) is 0 Å². The van der Waals surface area contributed by atoms with Gasteiger partial charge in [-0.3, -0.25) is 0 Å². The zero-order valence-corrected chi connectivity index (χ0v) is 10.3. The van der Waals surface area contributed by atoms with Crippen molar-refractivity contribution in [3.8, 4) is 11.1 Å². The normalized spacial score (nSPS) is 12.5. The van der Waals surface area contributed by atoms with Crippen LogP contribution in [0.3, 0.4) is 0 Å². The molecule has 0 amide bonds. The van der Waals surface area contributed by atoms with Gasteiger partial charge in [-0.25, -0.2) is 8.78 Å². The summed E-state index contributed by atoms with van der Waals surface area (Å²) in [5.41, 5.74) is 5.75. The van der Waals surface area contributed by atoms with Crippen molar-refractivity contribution in [3.63, 3.8) is 0 Å². The molecular weight excluding hydrogens is 275 g/mol. The molecule has 2 aromatic rings. The van der Waals surface area contributed by atoms with E-state index >= 15 is 0 Å². The first kappa shape index (κ1) is 14.5. The predicted octanol–water partition coefficient (Wildman–Crippen LogP) is 5.07. The maximum Gasteiger partial charge on any atom is 0.450 e. The van der Waals surface area contributed by atoms with Gasteiger partial charge in [0.15, 0.2) is 0 Å². The molecule has 0 aromatic heterocycles. The quantitative estimate of drug-likeness (QED) is 0.506. The largest absolute Gasteiger partial charge is 0.450 e. The Bertz CT molecular complexity index is 543. The fourth-order valence-corrected chi connectivity index (χ4v) is 2.08. The molecule has 0 fully saturated rings. The number of fused-ring (bicyclic) bond motifs is 3. The highest BCUT2D eigenvalue weighted by Crippen LogP contribution is 2.35. The smallest absolute Gasteiger partial charge is 0.200 e. The maximum atomic E-state index is 10.4. The van der Waals surface area contributed by atoms with Crippen molar-refractivity contribution in [1.29, 1.82) is 0 Å². The Morgan fingerprint density at radius 2 is 1.10 bits per heavy atom. The number of rotatable bonds is 0. The van der Waals surface area contributed by atoms with Gasteiger partial charge in [0.05, 0.1) is 0 Å². The van der Waals surface area contributed by atoms with E-state index < -0.39 is 12.6 Å². The van der Waals surface area contributed by atoms with Gasteiger partial charge in [0.2, 0.25) is 0 Å². The van der Waals surface area contributed by atoms with Crippen LogP contribution in [0.5, 0.6) is 0 Å². The number of alkyl halides is 5. The summed E-state index contributed by atoms with van der Waals surface area (Å²) in [7, 11) is 0. The van der Waals surface area contributed by atoms with Crippen molar-refractivity contribution < 1.29 is 22.0 Å². The van der Waals surface area contributed by atoms with Crippen molar-refractivity contribution >= 4 is 0 Å². The third-order valence-electron chi connectivity index (χ3n) is 2.95. The van der Waals surface area contributed by atoms with Gasteiger partial charge >= 0.3 is 12.6 Å². The molecule has 0 bridgehead atoms. The Balaban J connectivity index is 0.000000182.